The van der Waals surface area contributed by atoms with E-state index in [-0.39, 0.29) is 11.9 Å². The van der Waals surface area contributed by atoms with Gasteiger partial charge in [0, 0.05) is 24.5 Å². The van der Waals surface area contributed by atoms with Crippen LogP contribution in [0.5, 0.6) is 11.5 Å². The Labute approximate surface area is 232 Å². The number of anilines is 2. The third kappa shape index (κ3) is 6.55. The number of benzene rings is 2. The molecule has 0 bridgehead atoms. The Hall–Kier alpha value is -3.95. The topological polar surface area (TPSA) is 92.7 Å². The van der Waals surface area contributed by atoms with Gasteiger partial charge in [0.25, 0.3) is 0 Å². The van der Waals surface area contributed by atoms with Crippen molar-refractivity contribution in [1.82, 2.24) is 24.8 Å². The molecular formula is C29H31ClN6O3. The normalized spacial score (nSPS) is 15.9. The van der Waals surface area contributed by atoms with Crippen molar-refractivity contribution in [3.8, 4) is 11.5 Å². The molecule has 1 unspecified atom stereocenters. The molecule has 2 aromatic heterocycles. The predicted octanol–water partition coefficient (Wildman–Crippen LogP) is 5.02. The Morgan fingerprint density at radius 2 is 2.00 bits per heavy atom. The average Bonchev–Trinajstić information content (AvgIpc) is 3.41. The molecule has 0 saturated carbocycles. The molecule has 2 aromatic carbocycles. The van der Waals surface area contributed by atoms with E-state index in [1.54, 1.807) is 6.20 Å². The van der Waals surface area contributed by atoms with E-state index in [2.05, 4.69) is 20.3 Å². The Morgan fingerprint density at radius 3 is 2.82 bits per heavy atom. The minimum Gasteiger partial charge on any atom is -0.491 e. The van der Waals surface area contributed by atoms with Gasteiger partial charge in [0.05, 0.1) is 29.2 Å². The Bertz CT molecular complexity index is 1420. The van der Waals surface area contributed by atoms with Crippen LogP contribution in [-0.2, 0) is 4.79 Å². The first-order valence-corrected chi connectivity index (χ1v) is 13.3. The summed E-state index contributed by atoms with van der Waals surface area (Å²) in [4.78, 5) is 29.7. The SMILES string of the molecule is CN(C)CC(=O)N1CCC[C@@H]1COc1cccc2ncnc(Nc3cccc(OC(Cl)c4ccccn4)c3)c12. The second kappa shape index (κ2) is 12.3. The Kier molecular flexibility index (Phi) is 8.39. The number of alkyl halides is 1. The number of halogens is 1. The number of ether oxygens (including phenoxy) is 2. The molecule has 39 heavy (non-hydrogen) atoms. The van der Waals surface area contributed by atoms with Crippen molar-refractivity contribution in [2.24, 2.45) is 0 Å². The number of carbonyl (C=O) groups excluding carboxylic acids is 1. The molecule has 9 nitrogen and oxygen atoms in total. The Morgan fingerprint density at radius 1 is 1.13 bits per heavy atom. The van der Waals surface area contributed by atoms with E-state index in [9.17, 15) is 4.79 Å². The van der Waals surface area contributed by atoms with Crippen molar-refractivity contribution in [2.45, 2.75) is 24.4 Å². The van der Waals surface area contributed by atoms with Crippen molar-refractivity contribution in [1.29, 1.82) is 0 Å². The van der Waals surface area contributed by atoms with Gasteiger partial charge < -0.3 is 24.6 Å². The van der Waals surface area contributed by atoms with Crippen molar-refractivity contribution in [3.05, 3.63) is 78.9 Å². The number of amides is 1. The molecule has 10 heteroatoms. The lowest BCUT2D eigenvalue weighted by molar-refractivity contribution is -0.133. The summed E-state index contributed by atoms with van der Waals surface area (Å²) in [5.74, 6) is 1.97. The molecule has 1 saturated heterocycles. The maximum atomic E-state index is 12.7. The molecule has 5 rings (SSSR count). The highest BCUT2D eigenvalue weighted by Gasteiger charge is 2.29. The number of carbonyl (C=O) groups is 1. The molecule has 1 aliphatic heterocycles. The van der Waals surface area contributed by atoms with Crippen LogP contribution in [0, 0.1) is 0 Å². The summed E-state index contributed by atoms with van der Waals surface area (Å²) in [6.07, 6.45) is 5.08. The van der Waals surface area contributed by atoms with Crippen LogP contribution < -0.4 is 14.8 Å². The molecule has 0 spiro atoms. The number of likely N-dealkylation sites (N-methyl/N-ethyl adjacent to an activating group) is 1. The first-order chi connectivity index (χ1) is 19.0. The van der Waals surface area contributed by atoms with Crippen LogP contribution >= 0.6 is 11.6 Å². The lowest BCUT2D eigenvalue weighted by Crippen LogP contribution is -2.43. The number of hydrogen-bond acceptors (Lipinski definition) is 8. The fourth-order valence-electron chi connectivity index (χ4n) is 4.65. The second-order valence-corrected chi connectivity index (χ2v) is 10.0. The van der Waals surface area contributed by atoms with Gasteiger partial charge in [-0.25, -0.2) is 9.97 Å². The largest absolute Gasteiger partial charge is 0.491 e. The second-order valence-electron chi connectivity index (χ2n) is 9.65. The minimum atomic E-state index is -0.721. The average molecular weight is 547 g/mol. The molecule has 2 atom stereocenters. The number of rotatable bonds is 10. The van der Waals surface area contributed by atoms with Crippen molar-refractivity contribution >= 4 is 39.9 Å². The summed E-state index contributed by atoms with van der Waals surface area (Å²) in [5, 5.41) is 4.14. The zero-order chi connectivity index (χ0) is 27.2. The van der Waals surface area contributed by atoms with Gasteiger partial charge in [-0.1, -0.05) is 29.8 Å². The van der Waals surface area contributed by atoms with E-state index in [0.717, 1.165) is 36.0 Å². The number of nitrogens with one attached hydrogen (secondary N) is 1. The van der Waals surface area contributed by atoms with Gasteiger partial charge in [0.1, 0.15) is 30.3 Å². The van der Waals surface area contributed by atoms with Gasteiger partial charge in [-0.3, -0.25) is 9.78 Å². The van der Waals surface area contributed by atoms with Crippen LogP contribution in [0.1, 0.15) is 24.1 Å². The van der Waals surface area contributed by atoms with E-state index in [4.69, 9.17) is 21.1 Å². The smallest absolute Gasteiger partial charge is 0.237 e. The number of likely N-dealkylation sites (tertiary alicyclic amines) is 1. The van der Waals surface area contributed by atoms with E-state index >= 15 is 0 Å². The van der Waals surface area contributed by atoms with Gasteiger partial charge >= 0.3 is 0 Å². The third-order valence-electron chi connectivity index (χ3n) is 6.46. The van der Waals surface area contributed by atoms with Crippen LogP contribution in [0.2, 0.25) is 0 Å². The summed E-state index contributed by atoms with van der Waals surface area (Å²) in [5.41, 5.74) is 1.43. The lowest BCUT2D eigenvalue weighted by Gasteiger charge is -2.26. The molecule has 3 heterocycles. The quantitative estimate of drug-likeness (QED) is 0.277. The van der Waals surface area contributed by atoms with Gasteiger partial charge in [-0.05, 0) is 63.3 Å². The molecule has 1 N–H and O–H groups in total. The van der Waals surface area contributed by atoms with E-state index in [1.807, 2.05) is 84.6 Å². The Balaban J connectivity index is 1.33. The summed E-state index contributed by atoms with van der Waals surface area (Å²) >= 11 is 6.43. The lowest BCUT2D eigenvalue weighted by atomic mass is 10.2. The first-order valence-electron chi connectivity index (χ1n) is 12.9. The number of pyridine rings is 1. The van der Waals surface area contributed by atoms with E-state index in [0.29, 0.717) is 36.2 Å². The standard InChI is InChI=1S/C29H31ClN6O3/c1-35(2)17-26(37)36-15-7-9-21(36)18-38-25-13-6-12-23-27(25)29(33-19-32-23)34-20-8-5-10-22(16-20)39-28(30)24-11-3-4-14-31-24/h3-6,8,10-14,16,19,21,28H,7,9,15,17-18H2,1-2H3,(H,32,33,34)/t21-,28?/m1/s1. The zero-order valence-electron chi connectivity index (χ0n) is 22.0. The maximum absolute atomic E-state index is 12.7. The molecular weight excluding hydrogens is 516 g/mol. The van der Waals surface area contributed by atoms with Crippen molar-refractivity contribution in [2.75, 3.05) is 39.1 Å². The molecule has 0 radical (unpaired) electrons. The van der Waals surface area contributed by atoms with Crippen LogP contribution in [0.3, 0.4) is 0 Å². The molecule has 1 amide bonds. The summed E-state index contributed by atoms with van der Waals surface area (Å²) < 4.78 is 12.2. The predicted molar refractivity (Wildman–Crippen MR) is 152 cm³/mol. The molecule has 1 fully saturated rings. The monoisotopic (exact) mass is 546 g/mol. The van der Waals surface area contributed by atoms with Crippen LogP contribution in [0.25, 0.3) is 10.9 Å². The maximum Gasteiger partial charge on any atom is 0.237 e. The summed E-state index contributed by atoms with van der Waals surface area (Å²) in [6, 6.07) is 18.8. The van der Waals surface area contributed by atoms with Crippen LogP contribution in [0.4, 0.5) is 11.5 Å². The molecule has 4 aromatic rings. The number of hydrogen-bond donors (Lipinski definition) is 1. The fraction of sp³-hybridized carbons (Fsp3) is 0.310. The number of aromatic nitrogens is 3. The molecule has 1 aliphatic rings. The summed E-state index contributed by atoms with van der Waals surface area (Å²) in [6.45, 7) is 1.55. The summed E-state index contributed by atoms with van der Waals surface area (Å²) in [7, 11) is 3.81. The molecule has 202 valence electrons. The highest BCUT2D eigenvalue weighted by molar-refractivity contribution is 6.19. The third-order valence-corrected chi connectivity index (χ3v) is 6.77. The first kappa shape index (κ1) is 26.6. The fourth-order valence-corrected chi connectivity index (χ4v) is 4.88. The van der Waals surface area contributed by atoms with Gasteiger partial charge in [0.2, 0.25) is 11.5 Å². The van der Waals surface area contributed by atoms with E-state index < -0.39 is 5.56 Å². The number of nitrogens with zero attached hydrogens (tertiary/aromatic N) is 5. The van der Waals surface area contributed by atoms with Crippen LogP contribution in [0.15, 0.2) is 73.2 Å². The zero-order valence-corrected chi connectivity index (χ0v) is 22.7. The van der Waals surface area contributed by atoms with Gasteiger partial charge in [0.15, 0.2) is 0 Å². The number of fused-ring (bicyclic) bond motifs is 1. The minimum absolute atomic E-state index is 0.0326. The van der Waals surface area contributed by atoms with E-state index in [1.165, 1.54) is 6.33 Å². The highest BCUT2D eigenvalue weighted by Crippen LogP contribution is 2.33. The highest BCUT2D eigenvalue weighted by atomic mass is 35.5. The van der Waals surface area contributed by atoms with Gasteiger partial charge in [-0.2, -0.15) is 0 Å². The van der Waals surface area contributed by atoms with Crippen LogP contribution in [-0.4, -0.2) is 70.5 Å². The van der Waals surface area contributed by atoms with Gasteiger partial charge in [-0.15, -0.1) is 0 Å². The van der Waals surface area contributed by atoms with Crippen molar-refractivity contribution < 1.29 is 14.3 Å². The molecule has 0 aliphatic carbocycles. The van der Waals surface area contributed by atoms with Crippen molar-refractivity contribution in [3.63, 3.8) is 0 Å².